The van der Waals surface area contributed by atoms with E-state index in [0.29, 0.717) is 10.5 Å². The van der Waals surface area contributed by atoms with Crippen LogP contribution >= 0.6 is 27.5 Å². The summed E-state index contributed by atoms with van der Waals surface area (Å²) in [5.74, 6) is -2.84. The quantitative estimate of drug-likeness (QED) is 0.775. The van der Waals surface area contributed by atoms with Crippen molar-refractivity contribution in [3.63, 3.8) is 0 Å². The van der Waals surface area contributed by atoms with Gasteiger partial charge in [0.25, 0.3) is 10.0 Å². The van der Waals surface area contributed by atoms with E-state index in [1.807, 2.05) is 0 Å². The molecule has 0 saturated carbocycles. The van der Waals surface area contributed by atoms with Crippen LogP contribution < -0.4 is 10.5 Å². The Morgan fingerprint density at radius 3 is 2.48 bits per heavy atom. The van der Waals surface area contributed by atoms with Gasteiger partial charge in [0.05, 0.1) is 10.7 Å². The molecule has 112 valence electrons. The summed E-state index contributed by atoms with van der Waals surface area (Å²) in [7, 11) is -4.34. The van der Waals surface area contributed by atoms with Crippen molar-refractivity contribution in [2.24, 2.45) is 0 Å². The molecule has 3 N–H and O–H groups in total. The van der Waals surface area contributed by atoms with Gasteiger partial charge in [-0.3, -0.25) is 4.72 Å². The minimum atomic E-state index is -4.34. The van der Waals surface area contributed by atoms with Crippen LogP contribution in [0.3, 0.4) is 0 Å². The van der Waals surface area contributed by atoms with Gasteiger partial charge in [0.15, 0.2) is 11.6 Å². The third kappa shape index (κ3) is 3.45. The first-order chi connectivity index (χ1) is 9.70. The number of anilines is 2. The Bertz CT molecular complexity index is 815. The predicted octanol–water partition coefficient (Wildman–Crippen LogP) is 3.76. The third-order valence-corrected chi connectivity index (χ3v) is 5.09. The molecule has 0 radical (unpaired) electrons. The van der Waals surface area contributed by atoms with Crippen molar-refractivity contribution < 1.29 is 17.2 Å². The molecule has 0 aliphatic rings. The summed E-state index contributed by atoms with van der Waals surface area (Å²) < 4.78 is 53.7. The molecule has 0 unspecified atom stereocenters. The molecule has 2 aromatic carbocycles. The second-order valence-corrected chi connectivity index (χ2v) is 6.96. The van der Waals surface area contributed by atoms with Crippen LogP contribution in [0.25, 0.3) is 0 Å². The molecule has 0 aliphatic heterocycles. The zero-order valence-corrected chi connectivity index (χ0v) is 13.4. The molecule has 0 spiro atoms. The Hall–Kier alpha value is -1.38. The van der Waals surface area contributed by atoms with Crippen LogP contribution in [0, 0.1) is 11.6 Å². The number of sulfonamides is 1. The van der Waals surface area contributed by atoms with Crippen LogP contribution in [-0.4, -0.2) is 8.42 Å². The van der Waals surface area contributed by atoms with E-state index in [1.165, 1.54) is 18.2 Å². The van der Waals surface area contributed by atoms with Crippen molar-refractivity contribution in [3.05, 3.63) is 51.5 Å². The molecule has 0 bridgehead atoms. The monoisotopic (exact) mass is 396 g/mol. The third-order valence-electron chi connectivity index (χ3n) is 2.48. The van der Waals surface area contributed by atoms with E-state index in [0.717, 1.165) is 6.07 Å². The zero-order valence-electron chi connectivity index (χ0n) is 10.2. The van der Waals surface area contributed by atoms with Crippen LogP contribution in [0.1, 0.15) is 0 Å². The molecule has 0 fully saturated rings. The fraction of sp³-hybridized carbons (Fsp3) is 0. The van der Waals surface area contributed by atoms with Crippen molar-refractivity contribution in [1.29, 1.82) is 0 Å². The summed E-state index contributed by atoms with van der Waals surface area (Å²) in [5.41, 5.74) is 5.23. The first-order valence-electron chi connectivity index (χ1n) is 5.43. The number of halogens is 4. The summed E-state index contributed by atoms with van der Waals surface area (Å²) in [5, 5.41) is 0.259. The number of hydrogen-bond donors (Lipinski definition) is 2. The maximum absolute atomic E-state index is 13.6. The fourth-order valence-electron chi connectivity index (χ4n) is 1.55. The highest BCUT2D eigenvalue weighted by molar-refractivity contribution is 9.10. The minimum absolute atomic E-state index is 0.102. The van der Waals surface area contributed by atoms with E-state index in [-0.39, 0.29) is 16.4 Å². The molecule has 4 nitrogen and oxygen atoms in total. The lowest BCUT2D eigenvalue weighted by Gasteiger charge is -2.10. The lowest BCUT2D eigenvalue weighted by atomic mass is 10.3. The fourth-order valence-corrected chi connectivity index (χ4v) is 3.15. The zero-order chi connectivity index (χ0) is 15.8. The number of nitrogen functional groups attached to an aromatic ring is 1. The smallest absolute Gasteiger partial charge is 0.265 e. The summed E-state index contributed by atoms with van der Waals surface area (Å²) >= 11 is 8.98. The molecule has 0 amide bonds. The highest BCUT2D eigenvalue weighted by Crippen LogP contribution is 2.28. The van der Waals surface area contributed by atoms with Gasteiger partial charge in [0.2, 0.25) is 0 Å². The van der Waals surface area contributed by atoms with Gasteiger partial charge in [-0.15, -0.1) is 0 Å². The van der Waals surface area contributed by atoms with Crippen molar-refractivity contribution >= 4 is 48.9 Å². The van der Waals surface area contributed by atoms with Gasteiger partial charge >= 0.3 is 0 Å². The largest absolute Gasteiger partial charge is 0.399 e. The molecular weight excluding hydrogens is 390 g/mol. The molecule has 0 atom stereocenters. The Morgan fingerprint density at radius 2 is 1.86 bits per heavy atom. The first kappa shape index (κ1) is 16.0. The molecule has 2 aromatic rings. The highest BCUT2D eigenvalue weighted by atomic mass is 79.9. The Labute approximate surface area is 133 Å². The molecule has 0 saturated heterocycles. The normalized spacial score (nSPS) is 11.4. The average Bonchev–Trinajstić information content (AvgIpc) is 2.37. The van der Waals surface area contributed by atoms with Crippen LogP contribution in [0.5, 0.6) is 0 Å². The lowest BCUT2D eigenvalue weighted by Crippen LogP contribution is -2.16. The van der Waals surface area contributed by atoms with Gasteiger partial charge in [-0.25, -0.2) is 17.2 Å². The molecule has 2 rings (SSSR count). The van der Waals surface area contributed by atoms with Gasteiger partial charge in [0, 0.05) is 10.2 Å². The number of nitrogens with one attached hydrogen (secondary N) is 1. The molecule has 0 aromatic heterocycles. The maximum atomic E-state index is 13.6. The Balaban J connectivity index is 2.45. The van der Waals surface area contributed by atoms with E-state index < -0.39 is 26.6 Å². The van der Waals surface area contributed by atoms with Gasteiger partial charge < -0.3 is 5.73 Å². The molecule has 0 aliphatic carbocycles. The van der Waals surface area contributed by atoms with E-state index in [9.17, 15) is 17.2 Å². The molecule has 21 heavy (non-hydrogen) atoms. The number of nitrogens with two attached hydrogens (primary N) is 1. The van der Waals surface area contributed by atoms with Gasteiger partial charge in [-0.2, -0.15) is 0 Å². The van der Waals surface area contributed by atoms with Gasteiger partial charge in [-0.1, -0.05) is 11.6 Å². The standard InChI is InChI=1S/C12H8BrClF2N2O2S/c13-8-2-1-7(5-9(8)14)18-21(19,20)11-4-6(17)3-10(15)12(11)16/h1-5,18H,17H2. The lowest BCUT2D eigenvalue weighted by molar-refractivity contribution is 0.486. The van der Waals surface area contributed by atoms with Crippen LogP contribution in [0.2, 0.25) is 5.02 Å². The van der Waals surface area contributed by atoms with Crippen molar-refractivity contribution in [2.45, 2.75) is 4.90 Å². The number of benzene rings is 2. The Kier molecular flexibility index (Phi) is 4.40. The average molecular weight is 398 g/mol. The van der Waals surface area contributed by atoms with Crippen LogP contribution in [0.4, 0.5) is 20.2 Å². The van der Waals surface area contributed by atoms with Gasteiger partial charge in [-0.05, 0) is 46.3 Å². The second-order valence-electron chi connectivity index (χ2n) is 4.05. The molecule has 9 heteroatoms. The maximum Gasteiger partial charge on any atom is 0.265 e. The minimum Gasteiger partial charge on any atom is -0.399 e. The van der Waals surface area contributed by atoms with E-state index in [1.54, 1.807) is 0 Å². The first-order valence-corrected chi connectivity index (χ1v) is 8.08. The molecule has 0 heterocycles. The van der Waals surface area contributed by atoms with Crippen molar-refractivity contribution in [3.8, 4) is 0 Å². The highest BCUT2D eigenvalue weighted by Gasteiger charge is 2.23. The summed E-state index contributed by atoms with van der Waals surface area (Å²) in [6.07, 6.45) is 0. The van der Waals surface area contributed by atoms with Crippen molar-refractivity contribution in [1.82, 2.24) is 0 Å². The van der Waals surface area contributed by atoms with E-state index in [2.05, 4.69) is 20.7 Å². The van der Waals surface area contributed by atoms with E-state index >= 15 is 0 Å². The topological polar surface area (TPSA) is 72.2 Å². The molecular formula is C12H8BrClF2N2O2S. The van der Waals surface area contributed by atoms with Gasteiger partial charge in [0.1, 0.15) is 4.90 Å². The Morgan fingerprint density at radius 1 is 1.19 bits per heavy atom. The summed E-state index contributed by atoms with van der Waals surface area (Å²) in [6.45, 7) is 0. The second kappa shape index (κ2) is 5.78. The van der Waals surface area contributed by atoms with E-state index in [4.69, 9.17) is 17.3 Å². The van der Waals surface area contributed by atoms with Crippen LogP contribution in [0.15, 0.2) is 39.7 Å². The predicted molar refractivity (Wildman–Crippen MR) is 80.7 cm³/mol. The van der Waals surface area contributed by atoms with Crippen molar-refractivity contribution in [2.75, 3.05) is 10.5 Å². The summed E-state index contributed by atoms with van der Waals surface area (Å²) in [4.78, 5) is -0.876. The van der Waals surface area contributed by atoms with Crippen LogP contribution in [-0.2, 0) is 10.0 Å². The number of hydrogen-bond acceptors (Lipinski definition) is 3. The summed E-state index contributed by atoms with van der Waals surface area (Å²) in [6, 6.07) is 5.78. The number of rotatable bonds is 3. The SMILES string of the molecule is Nc1cc(F)c(F)c(S(=O)(=O)Nc2ccc(Br)c(Cl)c2)c1.